The molecule has 6 heteroatoms. The van der Waals surface area contributed by atoms with Crippen LogP contribution in [0.1, 0.15) is 11.3 Å². The smallest absolute Gasteiger partial charge is 0.134 e. The summed E-state index contributed by atoms with van der Waals surface area (Å²) in [4.78, 5) is 11.7. The van der Waals surface area contributed by atoms with Crippen molar-refractivity contribution in [2.24, 2.45) is 0 Å². The lowest BCUT2D eigenvalue weighted by molar-refractivity contribution is 0.122. The molecule has 0 bridgehead atoms. The minimum Gasteiger partial charge on any atom is -0.378 e. The van der Waals surface area contributed by atoms with Crippen molar-refractivity contribution in [2.45, 2.75) is 13.8 Å². The van der Waals surface area contributed by atoms with Crippen molar-refractivity contribution in [1.82, 2.24) is 9.97 Å². The third-order valence-electron chi connectivity index (χ3n) is 4.76. The fourth-order valence-corrected chi connectivity index (χ4v) is 3.35. The number of hydrogen-bond acceptors (Lipinski definition) is 4. The summed E-state index contributed by atoms with van der Waals surface area (Å²) in [6.45, 7) is 6.80. The Bertz CT molecular complexity index is 986. The molecule has 3 aromatic rings. The van der Waals surface area contributed by atoms with Crippen LogP contribution in [0, 0.1) is 19.7 Å². The van der Waals surface area contributed by atoms with Crippen LogP contribution in [-0.4, -0.2) is 36.3 Å². The molecule has 0 atom stereocenters. The summed E-state index contributed by atoms with van der Waals surface area (Å²) in [6.07, 6.45) is 0. The highest BCUT2D eigenvalue weighted by Gasteiger charge is 2.19. The Morgan fingerprint density at radius 1 is 1.08 bits per heavy atom. The highest BCUT2D eigenvalue weighted by atomic mass is 35.5. The van der Waals surface area contributed by atoms with Crippen molar-refractivity contribution in [2.75, 3.05) is 31.2 Å². The Labute approximate surface area is 156 Å². The molecule has 0 amide bonds. The molecule has 0 radical (unpaired) electrons. The van der Waals surface area contributed by atoms with Crippen LogP contribution in [0.25, 0.3) is 22.2 Å². The first-order valence-corrected chi connectivity index (χ1v) is 8.98. The van der Waals surface area contributed by atoms with Gasteiger partial charge in [-0.05, 0) is 43.7 Å². The van der Waals surface area contributed by atoms with E-state index in [1.165, 1.54) is 6.07 Å². The highest BCUT2D eigenvalue weighted by molar-refractivity contribution is 6.30. The predicted octanol–water partition coefficient (Wildman–Crippen LogP) is 4.54. The van der Waals surface area contributed by atoms with Crippen molar-refractivity contribution >= 4 is 28.3 Å². The maximum atomic E-state index is 14.6. The molecule has 0 unspecified atom stereocenters. The third-order valence-corrected chi connectivity index (χ3v) is 5.00. The molecule has 0 aliphatic carbocycles. The van der Waals surface area contributed by atoms with Gasteiger partial charge in [0, 0.05) is 40.8 Å². The summed E-state index contributed by atoms with van der Waals surface area (Å²) in [5.41, 5.74) is 3.84. The molecule has 134 valence electrons. The SMILES string of the molecule is Cc1cc2c(-c3ccc(Cl)cc3F)nc(N3CCOCC3)cc2nc1C. The molecule has 1 aromatic carbocycles. The van der Waals surface area contributed by atoms with Gasteiger partial charge >= 0.3 is 0 Å². The molecule has 26 heavy (non-hydrogen) atoms. The summed E-state index contributed by atoms with van der Waals surface area (Å²) >= 11 is 5.93. The first-order chi connectivity index (χ1) is 12.5. The number of anilines is 1. The summed E-state index contributed by atoms with van der Waals surface area (Å²) < 4.78 is 20.1. The van der Waals surface area contributed by atoms with Crippen LogP contribution >= 0.6 is 11.6 Å². The predicted molar refractivity (Wildman–Crippen MR) is 102 cm³/mol. The average molecular weight is 372 g/mol. The molecular weight excluding hydrogens is 353 g/mol. The van der Waals surface area contributed by atoms with Gasteiger partial charge in [0.2, 0.25) is 0 Å². The van der Waals surface area contributed by atoms with E-state index in [1.807, 2.05) is 26.0 Å². The summed E-state index contributed by atoms with van der Waals surface area (Å²) in [6, 6.07) is 8.68. The molecular formula is C20H19ClFN3O. The van der Waals surface area contributed by atoms with Crippen molar-refractivity contribution in [3.8, 4) is 11.3 Å². The first kappa shape index (κ1) is 17.2. The van der Waals surface area contributed by atoms with Gasteiger partial charge in [-0.2, -0.15) is 0 Å². The maximum absolute atomic E-state index is 14.6. The molecule has 1 aliphatic heterocycles. The number of morpholine rings is 1. The van der Waals surface area contributed by atoms with E-state index < -0.39 is 0 Å². The standard InChI is InChI=1S/C20H19ClFN3O/c1-12-9-16-18(23-13(12)2)11-19(25-5-7-26-8-6-25)24-20(16)15-4-3-14(21)10-17(15)22/h3-4,9-11H,5-8H2,1-2H3. The zero-order valence-electron chi connectivity index (χ0n) is 14.7. The van der Waals surface area contributed by atoms with E-state index >= 15 is 0 Å². The monoisotopic (exact) mass is 371 g/mol. The number of halogens is 2. The zero-order valence-corrected chi connectivity index (χ0v) is 15.5. The summed E-state index contributed by atoms with van der Waals surface area (Å²) in [5, 5.41) is 1.20. The molecule has 4 rings (SSSR count). The fourth-order valence-electron chi connectivity index (χ4n) is 3.19. The van der Waals surface area contributed by atoms with E-state index in [0.29, 0.717) is 29.5 Å². The normalized spacial score (nSPS) is 14.8. The number of pyridine rings is 2. The molecule has 0 saturated carbocycles. The van der Waals surface area contributed by atoms with Crippen molar-refractivity contribution in [3.63, 3.8) is 0 Å². The minimum atomic E-state index is -0.386. The lowest BCUT2D eigenvalue weighted by Crippen LogP contribution is -2.36. The van der Waals surface area contributed by atoms with Gasteiger partial charge in [0.25, 0.3) is 0 Å². The van der Waals surface area contributed by atoms with Gasteiger partial charge in [-0.1, -0.05) is 11.6 Å². The van der Waals surface area contributed by atoms with Crippen LogP contribution in [0.15, 0.2) is 30.3 Å². The van der Waals surface area contributed by atoms with Crippen LogP contribution in [0.2, 0.25) is 5.02 Å². The number of fused-ring (bicyclic) bond motifs is 1. The van der Waals surface area contributed by atoms with Crippen LogP contribution < -0.4 is 4.90 Å². The molecule has 3 heterocycles. The second-order valence-corrected chi connectivity index (χ2v) is 6.95. The molecule has 0 spiro atoms. The number of aromatic nitrogens is 2. The molecule has 0 N–H and O–H groups in total. The van der Waals surface area contributed by atoms with E-state index in [1.54, 1.807) is 12.1 Å². The number of nitrogens with zero attached hydrogens (tertiary/aromatic N) is 3. The molecule has 1 saturated heterocycles. The molecule has 4 nitrogen and oxygen atoms in total. The largest absolute Gasteiger partial charge is 0.378 e. The Hall–Kier alpha value is -2.24. The van der Waals surface area contributed by atoms with Gasteiger partial charge < -0.3 is 9.64 Å². The van der Waals surface area contributed by atoms with Crippen LogP contribution in [-0.2, 0) is 4.74 Å². The summed E-state index contributed by atoms with van der Waals surface area (Å²) in [7, 11) is 0. The number of benzene rings is 1. The quantitative estimate of drug-likeness (QED) is 0.662. The molecule has 1 fully saturated rings. The van der Waals surface area contributed by atoms with E-state index in [2.05, 4.69) is 4.90 Å². The maximum Gasteiger partial charge on any atom is 0.134 e. The van der Waals surface area contributed by atoms with E-state index in [-0.39, 0.29) is 5.82 Å². The fraction of sp³-hybridized carbons (Fsp3) is 0.300. The van der Waals surface area contributed by atoms with Gasteiger partial charge in [-0.3, -0.25) is 4.98 Å². The zero-order chi connectivity index (χ0) is 18.3. The lowest BCUT2D eigenvalue weighted by Gasteiger charge is -2.28. The van der Waals surface area contributed by atoms with Gasteiger partial charge in [-0.25, -0.2) is 9.37 Å². The van der Waals surface area contributed by atoms with E-state index in [9.17, 15) is 4.39 Å². The van der Waals surface area contributed by atoms with E-state index in [0.717, 1.165) is 41.1 Å². The van der Waals surface area contributed by atoms with Crippen LogP contribution in [0.3, 0.4) is 0 Å². The Balaban J connectivity index is 1.97. The Morgan fingerprint density at radius 3 is 2.58 bits per heavy atom. The van der Waals surface area contributed by atoms with Gasteiger partial charge in [0.1, 0.15) is 11.6 Å². The molecule has 1 aliphatic rings. The first-order valence-electron chi connectivity index (χ1n) is 8.60. The number of hydrogen-bond donors (Lipinski definition) is 0. The lowest BCUT2D eigenvalue weighted by atomic mass is 10.0. The third kappa shape index (κ3) is 3.13. The highest BCUT2D eigenvalue weighted by Crippen LogP contribution is 2.33. The van der Waals surface area contributed by atoms with E-state index in [4.69, 9.17) is 26.3 Å². The number of aryl methyl sites for hydroxylation is 2. The Morgan fingerprint density at radius 2 is 1.85 bits per heavy atom. The van der Waals surface area contributed by atoms with Crippen LogP contribution in [0.4, 0.5) is 10.2 Å². The van der Waals surface area contributed by atoms with Crippen LogP contribution in [0.5, 0.6) is 0 Å². The Kier molecular flexibility index (Phi) is 4.51. The average Bonchev–Trinajstić information content (AvgIpc) is 2.63. The van der Waals surface area contributed by atoms with Crippen molar-refractivity contribution < 1.29 is 9.13 Å². The second-order valence-electron chi connectivity index (χ2n) is 6.51. The van der Waals surface area contributed by atoms with Crippen molar-refractivity contribution in [3.05, 3.63) is 52.4 Å². The van der Waals surface area contributed by atoms with Gasteiger partial charge in [0.15, 0.2) is 0 Å². The number of ether oxygens (including phenoxy) is 1. The second kappa shape index (κ2) is 6.82. The van der Waals surface area contributed by atoms with Crippen molar-refractivity contribution in [1.29, 1.82) is 0 Å². The summed E-state index contributed by atoms with van der Waals surface area (Å²) in [5.74, 6) is 0.407. The minimum absolute atomic E-state index is 0.366. The number of rotatable bonds is 2. The topological polar surface area (TPSA) is 38.2 Å². The van der Waals surface area contributed by atoms with Gasteiger partial charge in [0.05, 0.1) is 24.4 Å². The van der Waals surface area contributed by atoms with Gasteiger partial charge in [-0.15, -0.1) is 0 Å². The molecule has 2 aromatic heterocycles.